The zero-order valence-electron chi connectivity index (χ0n) is 8.24. The van der Waals surface area contributed by atoms with Gasteiger partial charge in [0.2, 0.25) is 5.91 Å². The van der Waals surface area contributed by atoms with E-state index in [0.717, 1.165) is 17.3 Å². The summed E-state index contributed by atoms with van der Waals surface area (Å²) in [5.41, 5.74) is 1.35. The minimum Gasteiger partial charge on any atom is -0.352 e. The van der Waals surface area contributed by atoms with Crippen molar-refractivity contribution >= 4 is 21.8 Å². The molecule has 1 amide bonds. The fourth-order valence-corrected chi connectivity index (χ4v) is 3.05. The Morgan fingerprint density at radius 3 is 2.47 bits per heavy atom. The molecule has 1 saturated carbocycles. The second-order valence-corrected chi connectivity index (χ2v) is 5.36. The first-order valence-electron chi connectivity index (χ1n) is 5.30. The van der Waals surface area contributed by atoms with Crippen molar-refractivity contribution in [1.29, 1.82) is 0 Å². The van der Waals surface area contributed by atoms with Gasteiger partial charge in [0.25, 0.3) is 0 Å². The highest BCUT2D eigenvalue weighted by Crippen LogP contribution is 2.42. The van der Waals surface area contributed by atoms with E-state index in [1.54, 1.807) is 0 Å². The molecule has 0 unspecified atom stereocenters. The number of halogens is 1. The molecule has 0 aromatic heterocycles. The Morgan fingerprint density at radius 1 is 1.20 bits per heavy atom. The summed E-state index contributed by atoms with van der Waals surface area (Å²) in [7, 11) is 0. The Kier molecular flexibility index (Phi) is 2.09. The molecule has 3 atom stereocenters. The van der Waals surface area contributed by atoms with Crippen LogP contribution < -0.4 is 5.32 Å². The molecule has 1 aliphatic heterocycles. The number of carbonyl (C=O) groups is 1. The van der Waals surface area contributed by atoms with Crippen LogP contribution >= 0.6 is 15.9 Å². The lowest BCUT2D eigenvalue weighted by Gasteiger charge is -2.22. The van der Waals surface area contributed by atoms with Crippen molar-refractivity contribution in [3.63, 3.8) is 0 Å². The summed E-state index contributed by atoms with van der Waals surface area (Å²) in [5.74, 6) is 1.05. The molecule has 1 N–H and O–H groups in total. The number of nitrogens with one attached hydrogen (secondary N) is 1. The number of hydrogen-bond donors (Lipinski definition) is 1. The van der Waals surface area contributed by atoms with Crippen molar-refractivity contribution in [1.82, 2.24) is 5.32 Å². The van der Waals surface area contributed by atoms with Crippen LogP contribution in [0.1, 0.15) is 24.3 Å². The third-order valence-electron chi connectivity index (χ3n) is 3.56. The summed E-state index contributed by atoms with van der Waals surface area (Å²) >= 11 is 3.43. The summed E-state index contributed by atoms with van der Waals surface area (Å²) in [6.07, 6.45) is 2.05. The molecule has 2 bridgehead atoms. The number of piperidine rings is 1. The molecular weight excluding hydrogens is 254 g/mol. The van der Waals surface area contributed by atoms with E-state index in [0.29, 0.717) is 12.0 Å². The molecular formula is C12H12BrNO. The first-order valence-corrected chi connectivity index (χ1v) is 6.09. The molecule has 3 heteroatoms. The molecule has 2 nitrogen and oxygen atoms in total. The van der Waals surface area contributed by atoms with Gasteiger partial charge in [-0.25, -0.2) is 0 Å². The molecule has 1 aromatic carbocycles. The molecule has 1 aliphatic carbocycles. The van der Waals surface area contributed by atoms with Crippen LogP contribution in [-0.2, 0) is 4.79 Å². The van der Waals surface area contributed by atoms with E-state index in [4.69, 9.17) is 0 Å². The maximum absolute atomic E-state index is 11.3. The Balaban J connectivity index is 1.85. The number of amides is 1. The van der Waals surface area contributed by atoms with Gasteiger partial charge in [-0.05, 0) is 30.5 Å². The van der Waals surface area contributed by atoms with Crippen molar-refractivity contribution in [2.75, 3.05) is 0 Å². The van der Waals surface area contributed by atoms with Crippen molar-refractivity contribution in [2.24, 2.45) is 5.92 Å². The molecule has 2 aliphatic rings. The van der Waals surface area contributed by atoms with Crippen molar-refractivity contribution < 1.29 is 4.79 Å². The lowest BCUT2D eigenvalue weighted by Crippen LogP contribution is -2.35. The van der Waals surface area contributed by atoms with Gasteiger partial charge < -0.3 is 5.32 Å². The predicted molar refractivity (Wildman–Crippen MR) is 61.5 cm³/mol. The van der Waals surface area contributed by atoms with Gasteiger partial charge in [0, 0.05) is 22.4 Å². The van der Waals surface area contributed by atoms with Gasteiger partial charge in [-0.2, -0.15) is 0 Å². The van der Waals surface area contributed by atoms with E-state index in [2.05, 4.69) is 45.5 Å². The van der Waals surface area contributed by atoms with Crippen LogP contribution in [0.2, 0.25) is 0 Å². The van der Waals surface area contributed by atoms with Gasteiger partial charge in [-0.15, -0.1) is 0 Å². The number of carbonyl (C=O) groups excluding carboxylic acids is 1. The van der Waals surface area contributed by atoms with Gasteiger partial charge >= 0.3 is 0 Å². The average molecular weight is 266 g/mol. The second-order valence-electron chi connectivity index (χ2n) is 4.44. The van der Waals surface area contributed by atoms with Gasteiger partial charge in [-0.3, -0.25) is 4.79 Å². The van der Waals surface area contributed by atoms with E-state index in [-0.39, 0.29) is 11.8 Å². The Labute approximate surface area is 97.2 Å². The summed E-state index contributed by atoms with van der Waals surface area (Å²) < 4.78 is 1.11. The predicted octanol–water partition coefficient (Wildman–Crippen LogP) is 2.44. The first kappa shape index (κ1) is 9.40. The van der Waals surface area contributed by atoms with E-state index < -0.39 is 0 Å². The minimum atomic E-state index is 0.258. The van der Waals surface area contributed by atoms with Crippen LogP contribution in [-0.4, -0.2) is 11.9 Å². The highest BCUT2D eigenvalue weighted by Gasteiger charge is 2.45. The highest BCUT2D eigenvalue weighted by molar-refractivity contribution is 9.10. The highest BCUT2D eigenvalue weighted by atomic mass is 79.9. The average Bonchev–Trinajstić information content (AvgIpc) is 2.77. The fourth-order valence-electron chi connectivity index (χ4n) is 2.79. The summed E-state index contributed by atoms with van der Waals surface area (Å²) in [5, 5.41) is 3.07. The van der Waals surface area contributed by atoms with E-state index in [1.807, 2.05) is 0 Å². The number of rotatable bonds is 1. The molecule has 0 radical (unpaired) electrons. The van der Waals surface area contributed by atoms with Crippen LogP contribution in [0.3, 0.4) is 0 Å². The van der Waals surface area contributed by atoms with Crippen molar-refractivity contribution in [2.45, 2.75) is 24.8 Å². The lowest BCUT2D eigenvalue weighted by molar-refractivity contribution is -0.123. The molecule has 3 rings (SSSR count). The summed E-state index contributed by atoms with van der Waals surface area (Å²) in [6.45, 7) is 0. The topological polar surface area (TPSA) is 29.1 Å². The fraction of sp³-hybridized carbons (Fsp3) is 0.417. The maximum Gasteiger partial charge on any atom is 0.223 e. The molecule has 1 aromatic rings. The van der Waals surface area contributed by atoms with Crippen LogP contribution in [0, 0.1) is 5.92 Å². The van der Waals surface area contributed by atoms with Gasteiger partial charge in [0.15, 0.2) is 0 Å². The normalized spacial score (nSPS) is 33.1. The quantitative estimate of drug-likeness (QED) is 0.831. The lowest BCUT2D eigenvalue weighted by atomic mass is 9.91. The monoisotopic (exact) mass is 265 g/mol. The van der Waals surface area contributed by atoms with E-state index in [1.165, 1.54) is 5.56 Å². The SMILES string of the molecule is O=C1N[C@@H]2C[C@H]1C[C@H]2c1ccc(Br)cc1. The third kappa shape index (κ3) is 1.49. The Hall–Kier alpha value is -0.830. The largest absolute Gasteiger partial charge is 0.352 e. The smallest absolute Gasteiger partial charge is 0.223 e. The van der Waals surface area contributed by atoms with Crippen LogP contribution in [0.4, 0.5) is 0 Å². The number of hydrogen-bond acceptors (Lipinski definition) is 1. The minimum absolute atomic E-state index is 0.258. The van der Waals surface area contributed by atoms with Crippen LogP contribution in [0.15, 0.2) is 28.7 Å². The molecule has 1 saturated heterocycles. The first-order chi connectivity index (χ1) is 7.24. The summed E-state index contributed by atoms with van der Waals surface area (Å²) in [6, 6.07) is 8.83. The van der Waals surface area contributed by atoms with Crippen LogP contribution in [0.25, 0.3) is 0 Å². The second kappa shape index (κ2) is 3.34. The zero-order chi connectivity index (χ0) is 10.4. The summed E-state index contributed by atoms with van der Waals surface area (Å²) in [4.78, 5) is 11.3. The third-order valence-corrected chi connectivity index (χ3v) is 4.09. The number of benzene rings is 1. The van der Waals surface area contributed by atoms with Crippen LogP contribution in [0.5, 0.6) is 0 Å². The van der Waals surface area contributed by atoms with E-state index >= 15 is 0 Å². The molecule has 0 spiro atoms. The molecule has 15 heavy (non-hydrogen) atoms. The molecule has 1 heterocycles. The number of fused-ring (bicyclic) bond motifs is 2. The van der Waals surface area contributed by atoms with Gasteiger partial charge in [0.1, 0.15) is 0 Å². The van der Waals surface area contributed by atoms with Crippen molar-refractivity contribution in [3.8, 4) is 0 Å². The Morgan fingerprint density at radius 2 is 1.93 bits per heavy atom. The molecule has 2 fully saturated rings. The van der Waals surface area contributed by atoms with E-state index in [9.17, 15) is 4.79 Å². The standard InChI is InChI=1S/C12H12BrNO/c13-9-3-1-7(2-4-9)10-5-8-6-11(10)14-12(8)15/h1-4,8,10-11H,5-6H2,(H,14,15)/t8-,10+,11-/m1/s1. The zero-order valence-corrected chi connectivity index (χ0v) is 9.83. The maximum atomic E-state index is 11.3. The van der Waals surface area contributed by atoms with Crippen molar-refractivity contribution in [3.05, 3.63) is 34.3 Å². The Bertz CT molecular complexity index is 401. The van der Waals surface area contributed by atoms with Gasteiger partial charge in [0.05, 0.1) is 0 Å². The molecule has 78 valence electrons. The van der Waals surface area contributed by atoms with Gasteiger partial charge in [-0.1, -0.05) is 28.1 Å².